The van der Waals surface area contributed by atoms with E-state index in [2.05, 4.69) is 47.1 Å². The number of imide groups is 1. The zero-order chi connectivity index (χ0) is 24.3. The van der Waals surface area contributed by atoms with Gasteiger partial charge < -0.3 is 4.98 Å². The molecule has 2 amide bonds. The molecule has 0 aliphatic carbocycles. The minimum absolute atomic E-state index is 0.0645. The highest BCUT2D eigenvalue weighted by molar-refractivity contribution is 6.38. The molecule has 35 heavy (non-hydrogen) atoms. The van der Waals surface area contributed by atoms with E-state index in [1.54, 1.807) is 18.2 Å². The molecular formula is C28H23Cl2N3O2. The number of fused-ring (bicyclic) bond motifs is 3. The summed E-state index contributed by atoms with van der Waals surface area (Å²) < 4.78 is 0. The quantitative estimate of drug-likeness (QED) is 0.333. The van der Waals surface area contributed by atoms with Crippen LogP contribution in [0.5, 0.6) is 0 Å². The molecule has 2 aliphatic rings. The van der Waals surface area contributed by atoms with Crippen LogP contribution >= 0.6 is 23.2 Å². The highest BCUT2D eigenvalue weighted by Crippen LogP contribution is 2.45. The highest BCUT2D eigenvalue weighted by Gasteiger charge is 2.47. The number of carbonyl (C=O) groups is 2. The Morgan fingerprint density at radius 1 is 0.943 bits per heavy atom. The van der Waals surface area contributed by atoms with Crippen LogP contribution in [0, 0.1) is 0 Å². The Balaban J connectivity index is 1.43. The molecule has 3 atom stereocenters. The van der Waals surface area contributed by atoms with E-state index in [9.17, 15) is 9.59 Å². The molecule has 0 radical (unpaired) electrons. The molecule has 1 saturated heterocycles. The second kappa shape index (κ2) is 8.52. The number of aromatic amines is 1. The summed E-state index contributed by atoms with van der Waals surface area (Å²) in [4.78, 5) is 33.8. The van der Waals surface area contributed by atoms with E-state index in [-0.39, 0.29) is 35.2 Å². The molecule has 1 N–H and O–H groups in total. The minimum atomic E-state index is -0.574. The molecule has 3 heterocycles. The van der Waals surface area contributed by atoms with E-state index >= 15 is 0 Å². The molecule has 0 spiro atoms. The van der Waals surface area contributed by atoms with Crippen LogP contribution in [0.1, 0.15) is 42.1 Å². The van der Waals surface area contributed by atoms with Crippen molar-refractivity contribution in [2.45, 2.75) is 31.3 Å². The van der Waals surface area contributed by atoms with Crippen LogP contribution in [-0.2, 0) is 9.59 Å². The minimum Gasteiger partial charge on any atom is -0.357 e. The summed E-state index contributed by atoms with van der Waals surface area (Å²) in [6, 6.07) is 22.9. The first kappa shape index (κ1) is 22.4. The summed E-state index contributed by atoms with van der Waals surface area (Å²) >= 11 is 12.4. The first-order valence-corrected chi connectivity index (χ1v) is 12.4. The van der Waals surface area contributed by atoms with Gasteiger partial charge in [-0.2, -0.15) is 0 Å². The Morgan fingerprint density at radius 3 is 2.46 bits per heavy atom. The average molecular weight is 504 g/mol. The van der Waals surface area contributed by atoms with Crippen LogP contribution in [0.2, 0.25) is 10.0 Å². The average Bonchev–Trinajstić information content (AvgIpc) is 3.38. The van der Waals surface area contributed by atoms with Crippen molar-refractivity contribution in [2.75, 3.05) is 11.4 Å². The third kappa shape index (κ3) is 3.57. The predicted octanol–water partition coefficient (Wildman–Crippen LogP) is 6.32. The lowest BCUT2D eigenvalue weighted by Gasteiger charge is -2.40. The van der Waals surface area contributed by atoms with Crippen LogP contribution in [0.15, 0.2) is 72.8 Å². The van der Waals surface area contributed by atoms with Crippen molar-refractivity contribution in [1.29, 1.82) is 0 Å². The Morgan fingerprint density at radius 2 is 1.69 bits per heavy atom. The fourth-order valence-electron chi connectivity index (χ4n) is 5.66. The zero-order valence-corrected chi connectivity index (χ0v) is 20.6. The molecule has 0 bridgehead atoms. The first-order valence-electron chi connectivity index (χ1n) is 11.7. The van der Waals surface area contributed by atoms with Gasteiger partial charge in [0.2, 0.25) is 5.91 Å². The van der Waals surface area contributed by atoms with Gasteiger partial charge in [0.25, 0.3) is 5.91 Å². The second-order valence-corrected chi connectivity index (χ2v) is 10.1. The number of rotatable bonds is 3. The largest absolute Gasteiger partial charge is 0.357 e. The van der Waals surface area contributed by atoms with Gasteiger partial charge in [-0.1, -0.05) is 71.7 Å². The maximum Gasteiger partial charge on any atom is 0.251 e. The van der Waals surface area contributed by atoms with Crippen molar-refractivity contribution < 1.29 is 9.59 Å². The van der Waals surface area contributed by atoms with Gasteiger partial charge in [0.1, 0.15) is 0 Å². The lowest BCUT2D eigenvalue weighted by Crippen LogP contribution is -2.47. The third-order valence-corrected chi connectivity index (χ3v) is 7.85. The van der Waals surface area contributed by atoms with Gasteiger partial charge in [-0.05, 0) is 42.3 Å². The number of aromatic nitrogens is 1. The van der Waals surface area contributed by atoms with Crippen molar-refractivity contribution in [3.63, 3.8) is 0 Å². The number of anilines is 1. The van der Waals surface area contributed by atoms with Gasteiger partial charge in [-0.3, -0.25) is 14.5 Å². The smallest absolute Gasteiger partial charge is 0.251 e. The van der Waals surface area contributed by atoms with Crippen LogP contribution in [0.4, 0.5) is 5.69 Å². The van der Waals surface area contributed by atoms with E-state index in [0.717, 1.165) is 11.2 Å². The maximum absolute atomic E-state index is 13.7. The van der Waals surface area contributed by atoms with Crippen LogP contribution in [0.3, 0.4) is 0 Å². The third-order valence-electron chi connectivity index (χ3n) is 7.31. The summed E-state index contributed by atoms with van der Waals surface area (Å²) in [7, 11) is 0. The molecule has 3 unspecified atom stereocenters. The zero-order valence-electron chi connectivity index (χ0n) is 19.0. The molecule has 6 rings (SSSR count). The SMILES string of the molecule is CC1c2[nH]c3ccccc3c2C(c2ccccc2)CN1C1CC(=O)N(c2ccc(Cl)cc2Cl)C1=O. The fourth-order valence-corrected chi connectivity index (χ4v) is 6.15. The number of nitrogens with zero attached hydrogens (tertiary/aromatic N) is 2. The van der Waals surface area contributed by atoms with Gasteiger partial charge in [0.15, 0.2) is 0 Å². The topological polar surface area (TPSA) is 56.4 Å². The van der Waals surface area contributed by atoms with Crippen LogP contribution in [-0.4, -0.2) is 34.3 Å². The summed E-state index contributed by atoms with van der Waals surface area (Å²) in [5, 5.41) is 1.94. The van der Waals surface area contributed by atoms with Crippen LogP contribution in [0.25, 0.3) is 10.9 Å². The van der Waals surface area contributed by atoms with Gasteiger partial charge in [-0.15, -0.1) is 0 Å². The number of amides is 2. The standard InChI is InChI=1S/C28H23Cl2N3O2/c1-16-27-26(19-9-5-6-10-22(19)31-27)20(17-7-3-2-4-8-17)15-32(16)24-14-25(34)33(28(24)35)23-12-11-18(29)13-21(23)30/h2-13,16,20,24,31H,14-15H2,1H3. The summed E-state index contributed by atoms with van der Waals surface area (Å²) in [6.07, 6.45) is 0.110. The van der Waals surface area contributed by atoms with Gasteiger partial charge in [-0.25, -0.2) is 4.90 Å². The molecule has 1 fully saturated rings. The number of hydrogen-bond acceptors (Lipinski definition) is 3. The number of benzene rings is 3. The molecule has 0 saturated carbocycles. The number of hydrogen-bond donors (Lipinski definition) is 1. The fraction of sp³-hybridized carbons (Fsp3) is 0.214. The van der Waals surface area contributed by atoms with Crippen LogP contribution < -0.4 is 4.90 Å². The molecule has 3 aromatic carbocycles. The summed E-state index contributed by atoms with van der Waals surface area (Å²) in [6.45, 7) is 2.73. The first-order chi connectivity index (χ1) is 16.9. The van der Waals surface area contributed by atoms with E-state index in [0.29, 0.717) is 17.3 Å². The Bertz CT molecular complexity index is 1470. The lowest BCUT2D eigenvalue weighted by molar-refractivity contribution is -0.123. The molecule has 4 aromatic rings. The van der Waals surface area contributed by atoms with Gasteiger partial charge >= 0.3 is 0 Å². The number of para-hydroxylation sites is 1. The van der Waals surface area contributed by atoms with E-state index < -0.39 is 6.04 Å². The predicted molar refractivity (Wildman–Crippen MR) is 139 cm³/mol. The molecule has 5 nitrogen and oxygen atoms in total. The normalized spacial score (nSPS) is 22.7. The van der Waals surface area contributed by atoms with Crippen molar-refractivity contribution >= 4 is 51.6 Å². The number of carbonyl (C=O) groups excluding carboxylic acids is 2. The number of nitrogens with one attached hydrogen (secondary N) is 1. The summed E-state index contributed by atoms with van der Waals surface area (Å²) in [5.74, 6) is -0.442. The Hall–Kier alpha value is -3.12. The molecular weight excluding hydrogens is 481 g/mol. The number of halogens is 2. The number of H-pyrrole nitrogens is 1. The second-order valence-electron chi connectivity index (χ2n) is 9.22. The van der Waals surface area contributed by atoms with E-state index in [1.807, 2.05) is 24.3 Å². The van der Waals surface area contributed by atoms with Gasteiger partial charge in [0, 0.05) is 40.1 Å². The van der Waals surface area contributed by atoms with E-state index in [4.69, 9.17) is 23.2 Å². The van der Waals surface area contributed by atoms with Crippen molar-refractivity contribution in [2.24, 2.45) is 0 Å². The highest BCUT2D eigenvalue weighted by atomic mass is 35.5. The van der Waals surface area contributed by atoms with Gasteiger partial charge in [0.05, 0.1) is 23.2 Å². The lowest BCUT2D eigenvalue weighted by atomic mass is 9.83. The molecule has 176 valence electrons. The molecule has 7 heteroatoms. The Labute approximate surface area is 213 Å². The van der Waals surface area contributed by atoms with E-state index in [1.165, 1.54) is 21.4 Å². The monoisotopic (exact) mass is 503 g/mol. The van der Waals surface area contributed by atoms with Crippen molar-refractivity contribution in [3.05, 3.63) is 99.7 Å². The Kier molecular flexibility index (Phi) is 5.44. The molecule has 1 aromatic heterocycles. The summed E-state index contributed by atoms with van der Waals surface area (Å²) in [5.41, 5.74) is 5.00. The van der Waals surface area contributed by atoms with Crippen molar-refractivity contribution in [1.82, 2.24) is 9.88 Å². The maximum atomic E-state index is 13.7. The molecule has 2 aliphatic heterocycles. The van der Waals surface area contributed by atoms with Crippen molar-refractivity contribution in [3.8, 4) is 0 Å².